The van der Waals surface area contributed by atoms with Crippen molar-refractivity contribution in [3.05, 3.63) is 53.0 Å². The molecule has 0 aliphatic heterocycles. The van der Waals surface area contributed by atoms with Crippen LogP contribution < -0.4 is 4.74 Å². The van der Waals surface area contributed by atoms with Crippen molar-refractivity contribution in [2.45, 2.75) is 20.4 Å². The third-order valence-corrected chi connectivity index (χ3v) is 3.80. The molecule has 0 radical (unpaired) electrons. The van der Waals surface area contributed by atoms with Gasteiger partial charge in [0.15, 0.2) is 5.78 Å². The molecule has 1 heterocycles. The van der Waals surface area contributed by atoms with Gasteiger partial charge in [-0.15, -0.1) is 0 Å². The van der Waals surface area contributed by atoms with Gasteiger partial charge in [0.2, 0.25) is 0 Å². The summed E-state index contributed by atoms with van der Waals surface area (Å²) in [7, 11) is 3.27. The van der Waals surface area contributed by atoms with Crippen molar-refractivity contribution < 1.29 is 23.5 Å². The van der Waals surface area contributed by atoms with Gasteiger partial charge in [-0.1, -0.05) is 12.1 Å². The van der Waals surface area contributed by atoms with Crippen molar-refractivity contribution in [1.29, 1.82) is 0 Å². The Morgan fingerprint density at radius 1 is 1.20 bits per heavy atom. The first-order valence-corrected chi connectivity index (χ1v) is 8.01. The van der Waals surface area contributed by atoms with Crippen LogP contribution in [0.2, 0.25) is 0 Å². The zero-order chi connectivity index (χ0) is 18.4. The highest BCUT2D eigenvalue weighted by Crippen LogP contribution is 2.19. The smallest absolute Gasteiger partial charge is 0.341 e. The molecule has 0 saturated carbocycles. The molecule has 0 aliphatic carbocycles. The van der Waals surface area contributed by atoms with E-state index in [1.807, 2.05) is 24.1 Å². The van der Waals surface area contributed by atoms with Crippen LogP contribution in [0, 0.1) is 6.92 Å². The van der Waals surface area contributed by atoms with Gasteiger partial charge >= 0.3 is 5.97 Å². The maximum absolute atomic E-state index is 11.6. The number of hydrogen-bond acceptors (Lipinski definition) is 6. The molecule has 0 bridgehead atoms. The molecule has 0 unspecified atom stereocenters. The van der Waals surface area contributed by atoms with Gasteiger partial charge in [-0.25, -0.2) is 4.79 Å². The number of carbonyl (C=O) groups excluding carboxylic acids is 2. The summed E-state index contributed by atoms with van der Waals surface area (Å²) in [5.41, 5.74) is 1.02. The van der Waals surface area contributed by atoms with Crippen LogP contribution in [-0.2, 0) is 11.3 Å². The van der Waals surface area contributed by atoms with E-state index in [2.05, 4.69) is 0 Å². The molecule has 1 aromatic carbocycles. The predicted molar refractivity (Wildman–Crippen MR) is 93.1 cm³/mol. The Kier molecular flexibility index (Phi) is 6.36. The highest BCUT2D eigenvalue weighted by Gasteiger charge is 2.16. The number of ether oxygens (including phenoxy) is 2. The Hall–Kier alpha value is -2.60. The molecule has 0 spiro atoms. The molecule has 6 nitrogen and oxygen atoms in total. The van der Waals surface area contributed by atoms with Gasteiger partial charge in [0.25, 0.3) is 0 Å². The first-order valence-electron chi connectivity index (χ1n) is 8.01. The van der Waals surface area contributed by atoms with E-state index in [4.69, 9.17) is 13.9 Å². The summed E-state index contributed by atoms with van der Waals surface area (Å²) in [6, 6.07) is 8.89. The maximum Gasteiger partial charge on any atom is 0.341 e. The zero-order valence-corrected chi connectivity index (χ0v) is 15.0. The van der Waals surface area contributed by atoms with Gasteiger partial charge in [-0.05, 0) is 39.1 Å². The maximum atomic E-state index is 11.6. The predicted octanol–water partition coefficient (Wildman–Crippen LogP) is 3.09. The number of aryl methyl sites for hydroxylation is 1. The summed E-state index contributed by atoms with van der Waals surface area (Å²) in [4.78, 5) is 25.2. The average Bonchev–Trinajstić information content (AvgIpc) is 2.94. The van der Waals surface area contributed by atoms with Crippen molar-refractivity contribution in [2.75, 3.05) is 27.3 Å². The number of methoxy groups -OCH3 is 1. The first-order chi connectivity index (χ1) is 11.9. The zero-order valence-electron chi connectivity index (χ0n) is 15.0. The van der Waals surface area contributed by atoms with Gasteiger partial charge in [-0.2, -0.15) is 0 Å². The Bertz CT molecular complexity index is 750. The van der Waals surface area contributed by atoms with Crippen molar-refractivity contribution in [1.82, 2.24) is 4.90 Å². The molecule has 0 atom stereocenters. The molecule has 1 aromatic heterocycles. The fraction of sp³-hybridized carbons (Fsp3) is 0.368. The number of ketones is 1. The van der Waals surface area contributed by atoms with Crippen LogP contribution in [-0.4, -0.2) is 44.0 Å². The molecule has 0 amide bonds. The minimum Gasteiger partial charge on any atom is -0.491 e. The fourth-order valence-corrected chi connectivity index (χ4v) is 2.47. The number of nitrogens with zero attached hydrogens (tertiary/aromatic N) is 1. The SMILES string of the molecule is COC(=O)c1cc(CN(C)CCOc2ccccc2C(C)=O)oc1C. The Labute approximate surface area is 147 Å². The summed E-state index contributed by atoms with van der Waals surface area (Å²) >= 11 is 0. The lowest BCUT2D eigenvalue weighted by atomic mass is 10.1. The number of likely N-dealkylation sites (N-methyl/N-ethyl adjacent to an activating group) is 1. The number of para-hydroxylation sites is 1. The molecule has 0 aliphatic rings. The van der Waals surface area contributed by atoms with Crippen LogP contribution in [0.15, 0.2) is 34.7 Å². The van der Waals surface area contributed by atoms with Crippen LogP contribution in [0.3, 0.4) is 0 Å². The third-order valence-electron chi connectivity index (χ3n) is 3.80. The number of hydrogen-bond donors (Lipinski definition) is 0. The van der Waals surface area contributed by atoms with E-state index < -0.39 is 5.97 Å². The first kappa shape index (κ1) is 18.7. The largest absolute Gasteiger partial charge is 0.491 e. The van der Waals surface area contributed by atoms with Crippen LogP contribution >= 0.6 is 0 Å². The average molecular weight is 345 g/mol. The van der Waals surface area contributed by atoms with Gasteiger partial charge in [0.1, 0.15) is 29.4 Å². The second-order valence-electron chi connectivity index (χ2n) is 5.81. The molecule has 6 heteroatoms. The normalized spacial score (nSPS) is 10.8. The van der Waals surface area contributed by atoms with Gasteiger partial charge < -0.3 is 13.9 Å². The summed E-state index contributed by atoms with van der Waals surface area (Å²) in [5, 5.41) is 0. The van der Waals surface area contributed by atoms with Crippen LogP contribution in [0.1, 0.15) is 39.2 Å². The minimum atomic E-state index is -0.403. The van der Waals surface area contributed by atoms with E-state index in [9.17, 15) is 9.59 Å². The van der Waals surface area contributed by atoms with E-state index in [-0.39, 0.29) is 5.78 Å². The summed E-state index contributed by atoms with van der Waals surface area (Å²) in [5.74, 6) is 1.39. The fourth-order valence-electron chi connectivity index (χ4n) is 2.47. The topological polar surface area (TPSA) is 69.0 Å². The summed E-state index contributed by atoms with van der Waals surface area (Å²) in [6.07, 6.45) is 0. The molecule has 0 fully saturated rings. The molecule has 2 rings (SSSR count). The number of rotatable bonds is 8. The van der Waals surface area contributed by atoms with Crippen LogP contribution in [0.25, 0.3) is 0 Å². The lowest BCUT2D eigenvalue weighted by Crippen LogP contribution is -2.24. The highest BCUT2D eigenvalue weighted by atomic mass is 16.5. The Morgan fingerprint density at radius 3 is 2.60 bits per heavy atom. The summed E-state index contributed by atoms with van der Waals surface area (Å²) < 4.78 is 16.0. The van der Waals surface area contributed by atoms with Crippen molar-refractivity contribution >= 4 is 11.8 Å². The van der Waals surface area contributed by atoms with Crippen LogP contribution in [0.5, 0.6) is 5.75 Å². The lowest BCUT2D eigenvalue weighted by Gasteiger charge is -2.16. The van der Waals surface area contributed by atoms with E-state index in [1.54, 1.807) is 25.1 Å². The second kappa shape index (κ2) is 8.48. The minimum absolute atomic E-state index is 0.0228. The van der Waals surface area contributed by atoms with E-state index in [0.29, 0.717) is 48.1 Å². The number of Topliss-reactive ketones (excluding diaryl/α,β-unsaturated/α-hetero) is 1. The molecular weight excluding hydrogens is 322 g/mol. The quantitative estimate of drug-likeness (QED) is 0.541. The lowest BCUT2D eigenvalue weighted by molar-refractivity contribution is 0.0598. The van der Waals surface area contributed by atoms with Gasteiger partial charge in [-0.3, -0.25) is 9.69 Å². The molecule has 0 saturated heterocycles. The van der Waals surface area contributed by atoms with E-state index in [1.165, 1.54) is 14.0 Å². The molecule has 0 N–H and O–H groups in total. The Balaban J connectivity index is 1.88. The Morgan fingerprint density at radius 2 is 1.92 bits per heavy atom. The van der Waals surface area contributed by atoms with Crippen LogP contribution in [0.4, 0.5) is 0 Å². The highest BCUT2D eigenvalue weighted by molar-refractivity contribution is 5.96. The molecule has 25 heavy (non-hydrogen) atoms. The number of carbonyl (C=O) groups is 2. The van der Waals surface area contributed by atoms with Gasteiger partial charge in [0, 0.05) is 6.54 Å². The molecular formula is C19H23NO5. The standard InChI is InChI=1S/C19H23NO5/c1-13(21)16-7-5-6-8-18(16)24-10-9-20(3)12-15-11-17(14(2)25-15)19(22)23-4/h5-8,11H,9-10,12H2,1-4H3. The van der Waals surface area contributed by atoms with Crippen molar-refractivity contribution in [3.8, 4) is 5.75 Å². The molecule has 2 aromatic rings. The summed E-state index contributed by atoms with van der Waals surface area (Å²) in [6.45, 7) is 4.86. The number of benzene rings is 1. The third kappa shape index (κ3) is 4.93. The number of furan rings is 1. The van der Waals surface area contributed by atoms with Crippen molar-refractivity contribution in [2.24, 2.45) is 0 Å². The van der Waals surface area contributed by atoms with E-state index >= 15 is 0 Å². The second-order valence-corrected chi connectivity index (χ2v) is 5.81. The van der Waals surface area contributed by atoms with Gasteiger partial charge in [0.05, 0.1) is 19.2 Å². The van der Waals surface area contributed by atoms with E-state index in [0.717, 1.165) is 0 Å². The van der Waals surface area contributed by atoms with Crippen molar-refractivity contribution in [3.63, 3.8) is 0 Å². The monoisotopic (exact) mass is 345 g/mol. The number of esters is 1. The molecule has 134 valence electrons.